The summed E-state index contributed by atoms with van der Waals surface area (Å²) in [6.07, 6.45) is 7.93. The number of ether oxygens (including phenoxy) is 2. The van der Waals surface area contributed by atoms with Crippen LogP contribution in [0.2, 0.25) is 0 Å². The van der Waals surface area contributed by atoms with E-state index in [1.807, 2.05) is 0 Å². The zero-order valence-electron chi connectivity index (χ0n) is 20.4. The van der Waals surface area contributed by atoms with Crippen molar-refractivity contribution < 1.29 is 14.3 Å². The number of rotatable bonds is 4. The minimum Gasteiger partial charge on any atom is -0.486 e. The van der Waals surface area contributed by atoms with Crippen LogP contribution in [0.15, 0.2) is 36.8 Å². The van der Waals surface area contributed by atoms with Crippen molar-refractivity contribution in [1.82, 2.24) is 19.5 Å². The molecule has 0 unspecified atom stereocenters. The number of anilines is 2. The smallest absolute Gasteiger partial charge is 0.261 e. The molecule has 9 heteroatoms. The molecule has 2 fully saturated rings. The third-order valence-corrected chi connectivity index (χ3v) is 7.58. The summed E-state index contributed by atoms with van der Waals surface area (Å²) in [6.45, 7) is 9.48. The maximum atomic E-state index is 13.3. The molecular weight excluding hydrogens is 444 g/mol. The minimum atomic E-state index is -0.216. The maximum Gasteiger partial charge on any atom is 0.261 e. The summed E-state index contributed by atoms with van der Waals surface area (Å²) < 4.78 is 13.9. The highest BCUT2D eigenvalue weighted by molar-refractivity contribution is 6.09. The van der Waals surface area contributed by atoms with Crippen molar-refractivity contribution in [3.8, 4) is 5.75 Å². The topological polar surface area (TPSA) is 84.2 Å². The molecule has 5 heterocycles. The minimum absolute atomic E-state index is 0.148. The Morgan fingerprint density at radius 3 is 2.71 bits per heavy atom. The Balaban J connectivity index is 1.30. The lowest BCUT2D eigenvalue weighted by Gasteiger charge is -2.40. The molecule has 0 saturated carbocycles. The van der Waals surface area contributed by atoms with Crippen LogP contribution in [-0.2, 0) is 11.2 Å². The molecule has 1 amide bonds. The van der Waals surface area contributed by atoms with Crippen molar-refractivity contribution in [3.05, 3.63) is 47.9 Å². The van der Waals surface area contributed by atoms with Crippen LogP contribution in [0.5, 0.6) is 5.75 Å². The van der Waals surface area contributed by atoms with Gasteiger partial charge < -0.3 is 24.6 Å². The highest BCUT2D eigenvalue weighted by atomic mass is 16.5. The molecule has 3 aromatic rings. The van der Waals surface area contributed by atoms with Crippen LogP contribution >= 0.6 is 0 Å². The summed E-state index contributed by atoms with van der Waals surface area (Å²) in [4.78, 5) is 22.5. The Bertz CT molecular complexity index is 1240. The van der Waals surface area contributed by atoms with E-state index in [2.05, 4.69) is 51.2 Å². The number of carbonyl (C=O) groups is 1. The lowest BCUT2D eigenvalue weighted by molar-refractivity contribution is 0.0103. The Labute approximate surface area is 205 Å². The average molecular weight is 477 g/mol. The molecule has 184 valence electrons. The Morgan fingerprint density at radius 2 is 1.94 bits per heavy atom. The molecular formula is C26H32N6O3. The van der Waals surface area contributed by atoms with E-state index in [0.717, 1.165) is 68.1 Å². The molecule has 9 nitrogen and oxygen atoms in total. The summed E-state index contributed by atoms with van der Waals surface area (Å²) in [7, 11) is 0. The molecule has 0 atom stereocenters. The summed E-state index contributed by atoms with van der Waals surface area (Å²) in [5, 5.41) is 7.44. The highest BCUT2D eigenvalue weighted by Crippen LogP contribution is 2.45. The van der Waals surface area contributed by atoms with Crippen LogP contribution < -0.4 is 15.0 Å². The number of nitrogens with one attached hydrogen (secondary N) is 1. The predicted octanol–water partition coefficient (Wildman–Crippen LogP) is 3.00. The summed E-state index contributed by atoms with van der Waals surface area (Å²) in [5.41, 5.74) is 3.78. The molecule has 1 aromatic carbocycles. The first-order chi connectivity index (χ1) is 17.0. The second kappa shape index (κ2) is 8.80. The molecule has 3 aliphatic rings. The predicted molar refractivity (Wildman–Crippen MR) is 133 cm³/mol. The molecule has 2 saturated heterocycles. The summed E-state index contributed by atoms with van der Waals surface area (Å²) in [6, 6.07) is 6.58. The first-order valence-electron chi connectivity index (χ1n) is 12.5. The number of morpholine rings is 1. The molecule has 0 aliphatic carbocycles. The van der Waals surface area contributed by atoms with E-state index in [0.29, 0.717) is 30.5 Å². The van der Waals surface area contributed by atoms with Crippen molar-refractivity contribution >= 4 is 22.9 Å². The molecule has 0 radical (unpaired) electrons. The number of likely N-dealkylation sites (tertiary alicyclic amines) is 1. The van der Waals surface area contributed by atoms with E-state index in [9.17, 15) is 4.79 Å². The molecule has 1 spiro atoms. The number of piperidine rings is 1. The van der Waals surface area contributed by atoms with Gasteiger partial charge in [-0.1, -0.05) is 0 Å². The number of hydrogen-bond donors (Lipinski definition) is 1. The normalized spacial score (nSPS) is 19.8. The van der Waals surface area contributed by atoms with E-state index in [-0.39, 0.29) is 11.5 Å². The van der Waals surface area contributed by atoms with Gasteiger partial charge in [0.2, 0.25) is 0 Å². The summed E-state index contributed by atoms with van der Waals surface area (Å²) in [5.74, 6) is 0.729. The Morgan fingerprint density at radius 1 is 1.14 bits per heavy atom. The van der Waals surface area contributed by atoms with Gasteiger partial charge in [-0.15, -0.1) is 0 Å². The van der Waals surface area contributed by atoms with Gasteiger partial charge in [0, 0.05) is 75.5 Å². The second-order valence-corrected chi connectivity index (χ2v) is 10.1. The fourth-order valence-corrected chi connectivity index (χ4v) is 5.53. The zero-order valence-corrected chi connectivity index (χ0v) is 20.4. The number of benzene rings is 1. The van der Waals surface area contributed by atoms with Crippen LogP contribution in [0.25, 0.3) is 5.65 Å². The van der Waals surface area contributed by atoms with E-state index < -0.39 is 0 Å². The van der Waals surface area contributed by atoms with E-state index in [1.165, 1.54) is 0 Å². The van der Waals surface area contributed by atoms with Gasteiger partial charge in [0.15, 0.2) is 5.65 Å². The highest BCUT2D eigenvalue weighted by Gasteiger charge is 2.43. The monoisotopic (exact) mass is 476 g/mol. The van der Waals surface area contributed by atoms with Crippen molar-refractivity contribution in [2.75, 3.05) is 49.6 Å². The quantitative estimate of drug-likeness (QED) is 0.620. The maximum absolute atomic E-state index is 13.3. The van der Waals surface area contributed by atoms with Crippen LogP contribution in [0.3, 0.4) is 0 Å². The number of hydrogen-bond acceptors (Lipinski definition) is 7. The number of carbonyl (C=O) groups excluding carboxylic acids is 1. The average Bonchev–Trinajstić information content (AvgIpc) is 3.45. The Hall–Kier alpha value is -3.17. The third-order valence-electron chi connectivity index (χ3n) is 7.58. The largest absolute Gasteiger partial charge is 0.486 e. The van der Waals surface area contributed by atoms with Gasteiger partial charge in [0.05, 0.1) is 30.8 Å². The van der Waals surface area contributed by atoms with E-state index in [4.69, 9.17) is 9.47 Å². The number of aromatic nitrogens is 3. The second-order valence-electron chi connectivity index (χ2n) is 10.1. The van der Waals surface area contributed by atoms with Gasteiger partial charge in [-0.05, 0) is 26.0 Å². The van der Waals surface area contributed by atoms with Crippen molar-refractivity contribution in [2.24, 2.45) is 0 Å². The lowest BCUT2D eigenvalue weighted by atomic mass is 9.86. The van der Waals surface area contributed by atoms with E-state index >= 15 is 0 Å². The van der Waals surface area contributed by atoms with Crippen molar-refractivity contribution in [2.45, 2.75) is 44.8 Å². The summed E-state index contributed by atoms with van der Waals surface area (Å²) >= 11 is 0. The van der Waals surface area contributed by atoms with Crippen LogP contribution in [0.1, 0.15) is 42.6 Å². The van der Waals surface area contributed by atoms with Gasteiger partial charge >= 0.3 is 0 Å². The standard InChI is InChI=1S/C26H32N6O3/c1-18(2)30-8-4-26(5-9-30)16-19-14-21(22(15-23(19)35-26)31-10-12-34-13-11-31)29-25(33)20-17-28-32-7-3-6-27-24(20)32/h3,6-7,14-15,17-18H,4-5,8-13,16H2,1-2H3,(H,29,33). The van der Waals surface area contributed by atoms with Gasteiger partial charge in [-0.25, -0.2) is 9.50 Å². The fourth-order valence-electron chi connectivity index (χ4n) is 5.53. The SMILES string of the molecule is CC(C)N1CCC2(CC1)Cc1cc(NC(=O)c3cnn4cccnc34)c(N3CCOCC3)cc1O2. The molecule has 1 N–H and O–H groups in total. The zero-order chi connectivity index (χ0) is 24.0. The molecule has 35 heavy (non-hydrogen) atoms. The molecule has 6 rings (SSSR count). The number of amides is 1. The first-order valence-corrected chi connectivity index (χ1v) is 12.5. The van der Waals surface area contributed by atoms with Crippen LogP contribution in [0, 0.1) is 0 Å². The van der Waals surface area contributed by atoms with Gasteiger partial charge in [0.25, 0.3) is 5.91 Å². The van der Waals surface area contributed by atoms with E-state index in [1.54, 1.807) is 29.2 Å². The van der Waals surface area contributed by atoms with Gasteiger partial charge in [0.1, 0.15) is 16.9 Å². The van der Waals surface area contributed by atoms with Crippen molar-refractivity contribution in [3.63, 3.8) is 0 Å². The van der Waals surface area contributed by atoms with Crippen molar-refractivity contribution in [1.29, 1.82) is 0 Å². The van der Waals surface area contributed by atoms with Crippen LogP contribution in [-0.4, -0.2) is 76.4 Å². The number of fused-ring (bicyclic) bond motifs is 2. The molecule has 0 bridgehead atoms. The Kier molecular flexibility index (Phi) is 5.61. The van der Waals surface area contributed by atoms with Gasteiger partial charge in [-0.2, -0.15) is 5.10 Å². The van der Waals surface area contributed by atoms with Gasteiger partial charge in [-0.3, -0.25) is 4.79 Å². The van der Waals surface area contributed by atoms with Crippen LogP contribution in [0.4, 0.5) is 11.4 Å². The third kappa shape index (κ3) is 4.12. The lowest BCUT2D eigenvalue weighted by Crippen LogP contribution is -2.49. The fraction of sp³-hybridized carbons (Fsp3) is 0.500. The molecule has 2 aromatic heterocycles. The molecule has 3 aliphatic heterocycles. The number of nitrogens with zero attached hydrogens (tertiary/aromatic N) is 5. The first kappa shape index (κ1) is 22.3.